The Morgan fingerprint density at radius 3 is 2.13 bits per heavy atom. The van der Waals surface area contributed by atoms with Gasteiger partial charge in [0.2, 0.25) is 5.91 Å². The van der Waals surface area contributed by atoms with Crippen LogP contribution in [0.4, 0.5) is 26.3 Å². The van der Waals surface area contributed by atoms with Crippen molar-refractivity contribution in [3.8, 4) is 0 Å². The maximum absolute atomic E-state index is 12.6. The van der Waals surface area contributed by atoms with Crippen LogP contribution in [0, 0.1) is 0 Å². The minimum atomic E-state index is -5.08. The first-order valence-electron chi connectivity index (χ1n) is 11.3. The van der Waals surface area contributed by atoms with Crippen molar-refractivity contribution in [2.45, 2.75) is 43.8 Å². The molecule has 2 aliphatic heterocycles. The van der Waals surface area contributed by atoms with Crippen LogP contribution < -0.4 is 0 Å². The molecule has 3 heterocycles. The highest BCUT2D eigenvalue weighted by Crippen LogP contribution is 2.24. The number of aliphatic carboxylic acids is 2. The summed E-state index contributed by atoms with van der Waals surface area (Å²) in [5.41, 5.74) is 0.974. The number of hydrogen-bond donors (Lipinski definition) is 2. The molecule has 16 heteroatoms. The van der Waals surface area contributed by atoms with Gasteiger partial charge in [0.1, 0.15) is 0 Å². The van der Waals surface area contributed by atoms with Gasteiger partial charge in [-0.3, -0.25) is 14.7 Å². The monoisotopic (exact) mass is 561 g/mol. The van der Waals surface area contributed by atoms with Crippen molar-refractivity contribution in [1.82, 2.24) is 14.8 Å². The number of likely N-dealkylation sites (tertiary alicyclic amines) is 1. The van der Waals surface area contributed by atoms with E-state index in [1.165, 1.54) is 0 Å². The number of hydrogen-bond acceptors (Lipinski definition) is 7. The summed E-state index contributed by atoms with van der Waals surface area (Å²) in [6.07, 6.45) is -4.13. The molecule has 1 aromatic heterocycles. The number of halogens is 6. The van der Waals surface area contributed by atoms with E-state index in [4.69, 9.17) is 29.3 Å². The molecular formula is C22H29F6N3O7. The zero-order valence-electron chi connectivity index (χ0n) is 20.4. The maximum Gasteiger partial charge on any atom is 0.490 e. The van der Waals surface area contributed by atoms with E-state index in [0.717, 1.165) is 57.8 Å². The molecule has 0 aromatic carbocycles. The van der Waals surface area contributed by atoms with Gasteiger partial charge >= 0.3 is 24.3 Å². The number of carboxylic acid groups (broad SMARTS) is 2. The van der Waals surface area contributed by atoms with Crippen LogP contribution in [-0.4, -0.2) is 114 Å². The molecule has 1 aromatic rings. The molecule has 0 saturated carbocycles. The molecule has 3 rings (SSSR count). The second-order valence-electron chi connectivity index (χ2n) is 8.11. The summed E-state index contributed by atoms with van der Waals surface area (Å²) in [7, 11) is 1.74. The van der Waals surface area contributed by atoms with Crippen molar-refractivity contribution < 1.29 is 60.4 Å². The number of nitrogens with zero attached hydrogens (tertiary/aromatic N) is 3. The molecule has 0 spiro atoms. The van der Waals surface area contributed by atoms with Gasteiger partial charge in [-0.05, 0) is 24.5 Å². The second kappa shape index (κ2) is 15.4. The minimum absolute atomic E-state index is 0.185. The van der Waals surface area contributed by atoms with E-state index in [1.54, 1.807) is 19.5 Å². The van der Waals surface area contributed by atoms with Crippen LogP contribution in [0.5, 0.6) is 0 Å². The zero-order chi connectivity index (χ0) is 28.9. The van der Waals surface area contributed by atoms with Gasteiger partial charge in [0.15, 0.2) is 0 Å². The van der Waals surface area contributed by atoms with Gasteiger partial charge in [0, 0.05) is 51.7 Å². The predicted octanol–water partition coefficient (Wildman–Crippen LogP) is 2.23. The van der Waals surface area contributed by atoms with Gasteiger partial charge in [-0.1, -0.05) is 6.07 Å². The molecule has 2 atom stereocenters. The Kier molecular flexibility index (Phi) is 13.4. The van der Waals surface area contributed by atoms with E-state index in [0.29, 0.717) is 12.5 Å². The lowest BCUT2D eigenvalue weighted by Crippen LogP contribution is -2.52. The van der Waals surface area contributed by atoms with Gasteiger partial charge in [-0.15, -0.1) is 0 Å². The van der Waals surface area contributed by atoms with Crippen molar-refractivity contribution in [1.29, 1.82) is 0 Å². The average molecular weight is 561 g/mol. The van der Waals surface area contributed by atoms with Gasteiger partial charge in [-0.2, -0.15) is 26.3 Å². The molecule has 216 valence electrons. The topological polar surface area (TPSA) is 130 Å². The van der Waals surface area contributed by atoms with Crippen LogP contribution in [-0.2, 0) is 30.3 Å². The summed E-state index contributed by atoms with van der Waals surface area (Å²) in [5, 5.41) is 14.2. The molecule has 2 saturated heterocycles. The van der Waals surface area contributed by atoms with Gasteiger partial charge in [0.05, 0.1) is 25.7 Å². The fraction of sp³-hybridized carbons (Fsp3) is 0.636. The van der Waals surface area contributed by atoms with Crippen molar-refractivity contribution in [2.75, 3.05) is 46.5 Å². The van der Waals surface area contributed by atoms with E-state index in [-0.39, 0.29) is 12.0 Å². The third-order valence-corrected chi connectivity index (χ3v) is 5.49. The molecule has 0 radical (unpaired) electrons. The summed E-state index contributed by atoms with van der Waals surface area (Å²) in [5.74, 6) is -5.33. The number of fused-ring (bicyclic) bond motifs is 1. The largest absolute Gasteiger partial charge is 0.490 e. The number of carboxylic acids is 2. The first-order chi connectivity index (χ1) is 17.7. The lowest BCUT2D eigenvalue weighted by Gasteiger charge is -2.40. The SMILES string of the molecule is COCCN1CCOC2CCN(C(=O)Cc3cccnc3)CCC21.O=C(O)C(F)(F)F.O=C(O)C(F)(F)F. The molecule has 10 nitrogen and oxygen atoms in total. The van der Waals surface area contributed by atoms with E-state index >= 15 is 0 Å². The first kappa shape index (κ1) is 33.0. The van der Waals surface area contributed by atoms with Crippen LogP contribution in [0.3, 0.4) is 0 Å². The van der Waals surface area contributed by atoms with E-state index in [9.17, 15) is 31.1 Å². The number of ether oxygens (including phenoxy) is 2. The number of alkyl halides is 6. The average Bonchev–Trinajstić information content (AvgIpc) is 3.06. The number of pyridine rings is 1. The smallest absolute Gasteiger partial charge is 0.475 e. The fourth-order valence-electron chi connectivity index (χ4n) is 3.69. The molecule has 2 fully saturated rings. The van der Waals surface area contributed by atoms with Gasteiger partial charge in [0.25, 0.3) is 0 Å². The molecular weight excluding hydrogens is 532 g/mol. The highest BCUT2D eigenvalue weighted by atomic mass is 19.4. The Labute approximate surface area is 214 Å². The highest BCUT2D eigenvalue weighted by Gasteiger charge is 2.39. The van der Waals surface area contributed by atoms with Crippen molar-refractivity contribution in [3.63, 3.8) is 0 Å². The summed E-state index contributed by atoms with van der Waals surface area (Å²) in [4.78, 5) is 38.9. The number of carbonyl (C=O) groups excluding carboxylic acids is 1. The zero-order valence-corrected chi connectivity index (χ0v) is 20.4. The number of methoxy groups -OCH3 is 1. The van der Waals surface area contributed by atoms with E-state index < -0.39 is 24.3 Å². The number of rotatable bonds is 5. The lowest BCUT2D eigenvalue weighted by atomic mass is 10.0. The van der Waals surface area contributed by atoms with Crippen LogP contribution >= 0.6 is 0 Å². The third kappa shape index (κ3) is 12.0. The van der Waals surface area contributed by atoms with Crippen LogP contribution in [0.15, 0.2) is 24.5 Å². The Morgan fingerprint density at radius 2 is 1.63 bits per heavy atom. The number of morpholine rings is 1. The molecule has 2 aliphatic rings. The molecule has 1 amide bonds. The fourth-order valence-corrected chi connectivity index (χ4v) is 3.69. The summed E-state index contributed by atoms with van der Waals surface area (Å²) < 4.78 is 74.7. The van der Waals surface area contributed by atoms with Crippen LogP contribution in [0.1, 0.15) is 18.4 Å². The van der Waals surface area contributed by atoms with Gasteiger partial charge < -0.3 is 24.6 Å². The van der Waals surface area contributed by atoms with Crippen LogP contribution in [0.25, 0.3) is 0 Å². The lowest BCUT2D eigenvalue weighted by molar-refractivity contribution is -0.193. The van der Waals surface area contributed by atoms with Crippen molar-refractivity contribution >= 4 is 17.8 Å². The third-order valence-electron chi connectivity index (χ3n) is 5.49. The van der Waals surface area contributed by atoms with E-state index in [2.05, 4.69) is 9.88 Å². The number of carbonyl (C=O) groups is 3. The molecule has 38 heavy (non-hydrogen) atoms. The van der Waals surface area contributed by atoms with Crippen LogP contribution in [0.2, 0.25) is 0 Å². The molecule has 0 bridgehead atoms. The summed E-state index contributed by atoms with van der Waals surface area (Å²) >= 11 is 0. The highest BCUT2D eigenvalue weighted by molar-refractivity contribution is 5.78. The minimum Gasteiger partial charge on any atom is -0.475 e. The van der Waals surface area contributed by atoms with E-state index in [1.807, 2.05) is 17.0 Å². The first-order valence-corrected chi connectivity index (χ1v) is 11.3. The Balaban J connectivity index is 0.000000426. The second-order valence-corrected chi connectivity index (χ2v) is 8.11. The van der Waals surface area contributed by atoms with Crippen molar-refractivity contribution in [2.24, 2.45) is 0 Å². The van der Waals surface area contributed by atoms with Crippen molar-refractivity contribution in [3.05, 3.63) is 30.1 Å². The quantitative estimate of drug-likeness (QED) is 0.520. The summed E-state index contributed by atoms with van der Waals surface area (Å²) in [6.45, 7) is 4.98. The molecule has 0 aliphatic carbocycles. The number of aromatic nitrogens is 1. The normalized spacial score (nSPS) is 20.0. The standard InChI is InChI=1S/C18H27N3O3.2C2HF3O2/c1-23-11-9-20-10-12-24-17-5-8-21(7-4-16(17)20)18(22)13-15-3-2-6-19-14-15;2*3-2(4,5)1(6)7/h2-3,6,14,16-17H,4-5,7-13H2,1H3;2*(H,6,7). The Hall–Kier alpha value is -2.98. The molecule has 2 unspecified atom stereocenters. The Morgan fingerprint density at radius 1 is 1.05 bits per heavy atom. The predicted molar refractivity (Wildman–Crippen MR) is 118 cm³/mol. The summed E-state index contributed by atoms with van der Waals surface area (Å²) in [6, 6.07) is 4.23. The number of amides is 1. The Bertz CT molecular complexity index is 862. The van der Waals surface area contributed by atoms with Gasteiger partial charge in [-0.25, -0.2) is 9.59 Å². The maximum atomic E-state index is 12.6. The molecule has 2 N–H and O–H groups in total.